The first kappa shape index (κ1) is 30.9. The molecule has 0 bridgehead atoms. The van der Waals surface area contributed by atoms with E-state index in [1.54, 1.807) is 0 Å². The van der Waals surface area contributed by atoms with Gasteiger partial charge in [-0.15, -0.1) is 0 Å². The predicted octanol–water partition coefficient (Wildman–Crippen LogP) is 4.87. The molecule has 7 heteroatoms. The lowest BCUT2D eigenvalue weighted by atomic mass is 10.0. The second kappa shape index (κ2) is 23.6. The molecule has 1 N–H and O–H groups in total. The topological polar surface area (TPSA) is 77.1 Å². The van der Waals surface area contributed by atoms with Crippen LogP contribution in [0.5, 0.6) is 0 Å². The Bertz CT molecular complexity index is 484. The van der Waals surface area contributed by atoms with Gasteiger partial charge in [-0.25, -0.2) is 0 Å². The molecule has 0 atom stereocenters. The first-order chi connectivity index (χ1) is 16.7. The first-order valence-corrected chi connectivity index (χ1v) is 14.0. The summed E-state index contributed by atoms with van der Waals surface area (Å²) in [5, 5.41) is 2.91. The lowest BCUT2D eigenvalue weighted by molar-refractivity contribution is -0.136. The Morgan fingerprint density at radius 2 is 1.24 bits per heavy atom. The highest BCUT2D eigenvalue weighted by molar-refractivity contribution is 5.76. The van der Waals surface area contributed by atoms with Gasteiger partial charge in [-0.1, -0.05) is 84.0 Å². The monoisotopic (exact) mass is 484 g/mol. The molecule has 2 amide bonds. The molecule has 0 unspecified atom stereocenters. The summed E-state index contributed by atoms with van der Waals surface area (Å²) in [5.74, 6) is 0.236. The Balaban J connectivity index is 1.74. The van der Waals surface area contributed by atoms with Crippen molar-refractivity contribution >= 4 is 11.8 Å². The van der Waals surface area contributed by atoms with Crippen LogP contribution in [0, 0.1) is 0 Å². The third-order valence-electron chi connectivity index (χ3n) is 6.27. The summed E-state index contributed by atoms with van der Waals surface area (Å²) in [6.07, 6.45) is 18.1. The lowest BCUT2D eigenvalue weighted by Crippen LogP contribution is -2.41. The number of hydrogen-bond acceptors (Lipinski definition) is 5. The zero-order valence-electron chi connectivity index (χ0n) is 22.0. The quantitative estimate of drug-likeness (QED) is 0.210. The van der Waals surface area contributed by atoms with Crippen LogP contribution in [-0.2, 0) is 23.8 Å². The van der Waals surface area contributed by atoms with Crippen molar-refractivity contribution in [3.05, 3.63) is 0 Å². The average molecular weight is 485 g/mol. The molecule has 1 saturated heterocycles. The van der Waals surface area contributed by atoms with E-state index in [4.69, 9.17) is 14.2 Å². The van der Waals surface area contributed by atoms with Crippen molar-refractivity contribution in [2.75, 3.05) is 59.3 Å². The zero-order chi connectivity index (χ0) is 24.5. The van der Waals surface area contributed by atoms with Gasteiger partial charge in [-0.2, -0.15) is 0 Å². The number of carbonyl (C=O) groups is 2. The minimum Gasteiger partial charge on any atom is -0.379 e. The van der Waals surface area contributed by atoms with Gasteiger partial charge in [0, 0.05) is 26.1 Å². The number of amides is 2. The van der Waals surface area contributed by atoms with Crippen molar-refractivity contribution in [3.63, 3.8) is 0 Å². The molecule has 0 spiro atoms. The molecule has 1 rings (SSSR count). The molecule has 0 aromatic rings. The van der Waals surface area contributed by atoms with Crippen LogP contribution in [0.4, 0.5) is 0 Å². The second-order valence-electron chi connectivity index (χ2n) is 9.31. The number of nitrogens with one attached hydrogen (secondary N) is 1. The minimum atomic E-state index is 0.115. The van der Waals surface area contributed by atoms with Gasteiger partial charge in [0.05, 0.1) is 46.1 Å². The fourth-order valence-corrected chi connectivity index (χ4v) is 4.11. The van der Waals surface area contributed by atoms with Crippen LogP contribution < -0.4 is 5.32 Å². The largest absolute Gasteiger partial charge is 0.379 e. The highest BCUT2D eigenvalue weighted by Gasteiger charge is 2.16. The maximum Gasteiger partial charge on any atom is 0.225 e. The molecule has 7 nitrogen and oxygen atoms in total. The number of rotatable bonds is 23. The number of unbranched alkanes of at least 4 members (excludes halogenated alkanes) is 12. The SMILES string of the molecule is CCCCCCCCCCCCCCCC(=O)NCCOCCOCCC(=O)N1CCOCC1. The number of nitrogens with zero attached hydrogens (tertiary/aromatic N) is 1. The molecular weight excluding hydrogens is 432 g/mol. The molecule has 0 saturated carbocycles. The van der Waals surface area contributed by atoms with Gasteiger partial charge in [0.2, 0.25) is 11.8 Å². The lowest BCUT2D eigenvalue weighted by Gasteiger charge is -2.26. The van der Waals surface area contributed by atoms with Crippen molar-refractivity contribution < 1.29 is 23.8 Å². The van der Waals surface area contributed by atoms with E-state index >= 15 is 0 Å². The van der Waals surface area contributed by atoms with Crippen LogP contribution >= 0.6 is 0 Å². The van der Waals surface area contributed by atoms with Crippen molar-refractivity contribution in [2.24, 2.45) is 0 Å². The molecule has 0 aromatic heterocycles. The van der Waals surface area contributed by atoms with E-state index in [1.807, 2.05) is 4.90 Å². The normalized spacial score (nSPS) is 13.9. The molecule has 0 aromatic carbocycles. The van der Waals surface area contributed by atoms with Gasteiger partial charge in [-0.05, 0) is 6.42 Å². The van der Waals surface area contributed by atoms with E-state index < -0.39 is 0 Å². The molecule has 0 radical (unpaired) electrons. The fraction of sp³-hybridized carbons (Fsp3) is 0.926. The molecular formula is C27H52N2O5. The fourth-order valence-electron chi connectivity index (χ4n) is 4.11. The van der Waals surface area contributed by atoms with Crippen LogP contribution in [0.25, 0.3) is 0 Å². The van der Waals surface area contributed by atoms with Crippen LogP contribution in [-0.4, -0.2) is 76.0 Å². The zero-order valence-corrected chi connectivity index (χ0v) is 22.0. The molecule has 34 heavy (non-hydrogen) atoms. The van der Waals surface area contributed by atoms with E-state index in [9.17, 15) is 9.59 Å². The van der Waals surface area contributed by atoms with Crippen LogP contribution in [0.2, 0.25) is 0 Å². The van der Waals surface area contributed by atoms with Crippen LogP contribution in [0.1, 0.15) is 103 Å². The van der Waals surface area contributed by atoms with Gasteiger partial charge >= 0.3 is 0 Å². The Kier molecular flexibility index (Phi) is 21.4. The summed E-state index contributed by atoms with van der Waals surface area (Å²) in [7, 11) is 0. The van der Waals surface area contributed by atoms with E-state index in [2.05, 4.69) is 12.2 Å². The first-order valence-electron chi connectivity index (χ1n) is 14.0. The maximum absolute atomic E-state index is 12.0. The summed E-state index contributed by atoms with van der Waals surface area (Å²) >= 11 is 0. The molecule has 1 aliphatic rings. The molecule has 0 aliphatic carbocycles. The van der Waals surface area contributed by atoms with Crippen molar-refractivity contribution in [1.29, 1.82) is 0 Å². The standard InChI is InChI=1S/C27H52N2O5/c1-2-3-4-5-6-7-8-9-10-11-12-13-14-15-26(30)28-17-21-33-25-24-32-20-16-27(31)29-18-22-34-23-19-29/h2-25H2,1H3,(H,28,30). The van der Waals surface area contributed by atoms with Gasteiger partial charge in [0.15, 0.2) is 0 Å². The number of ether oxygens (including phenoxy) is 3. The third kappa shape index (κ3) is 19.2. The summed E-state index contributed by atoms with van der Waals surface area (Å²) in [4.78, 5) is 25.7. The van der Waals surface area contributed by atoms with Gasteiger partial charge in [0.25, 0.3) is 0 Å². The van der Waals surface area contributed by atoms with E-state index in [0.717, 1.165) is 12.8 Å². The summed E-state index contributed by atoms with van der Waals surface area (Å²) < 4.78 is 16.2. The summed E-state index contributed by atoms with van der Waals surface area (Å²) in [6.45, 7) is 7.22. The van der Waals surface area contributed by atoms with Gasteiger partial charge in [-0.3, -0.25) is 9.59 Å². The Hall–Kier alpha value is -1.18. The van der Waals surface area contributed by atoms with Crippen LogP contribution in [0.3, 0.4) is 0 Å². The van der Waals surface area contributed by atoms with E-state index in [-0.39, 0.29) is 11.8 Å². The Morgan fingerprint density at radius 1 is 0.706 bits per heavy atom. The smallest absolute Gasteiger partial charge is 0.225 e. The van der Waals surface area contributed by atoms with E-state index in [1.165, 1.54) is 70.6 Å². The highest BCUT2D eigenvalue weighted by atomic mass is 16.5. The summed E-state index contributed by atoms with van der Waals surface area (Å²) in [5.41, 5.74) is 0. The second-order valence-corrected chi connectivity index (χ2v) is 9.31. The van der Waals surface area contributed by atoms with Crippen molar-refractivity contribution in [2.45, 2.75) is 103 Å². The molecule has 1 heterocycles. The van der Waals surface area contributed by atoms with Crippen molar-refractivity contribution in [3.8, 4) is 0 Å². The molecule has 1 fully saturated rings. The Labute approximate surface area is 208 Å². The van der Waals surface area contributed by atoms with Gasteiger partial charge in [0.1, 0.15) is 0 Å². The highest BCUT2D eigenvalue weighted by Crippen LogP contribution is 2.12. The third-order valence-corrected chi connectivity index (χ3v) is 6.27. The number of hydrogen-bond donors (Lipinski definition) is 1. The molecule has 200 valence electrons. The Morgan fingerprint density at radius 3 is 1.82 bits per heavy atom. The van der Waals surface area contributed by atoms with E-state index in [0.29, 0.717) is 72.1 Å². The molecule has 1 aliphatic heterocycles. The maximum atomic E-state index is 12.0. The minimum absolute atomic E-state index is 0.115. The number of carbonyl (C=O) groups excluding carboxylic acids is 2. The van der Waals surface area contributed by atoms with Crippen molar-refractivity contribution in [1.82, 2.24) is 10.2 Å². The summed E-state index contributed by atoms with van der Waals surface area (Å²) in [6, 6.07) is 0. The average Bonchev–Trinajstić information content (AvgIpc) is 2.86. The number of morpholine rings is 1. The van der Waals surface area contributed by atoms with Gasteiger partial charge < -0.3 is 24.4 Å². The predicted molar refractivity (Wildman–Crippen MR) is 137 cm³/mol. The van der Waals surface area contributed by atoms with Crippen LogP contribution in [0.15, 0.2) is 0 Å².